The van der Waals surface area contributed by atoms with Gasteiger partial charge in [-0.2, -0.15) is 5.26 Å². The van der Waals surface area contributed by atoms with Crippen LogP contribution in [0.1, 0.15) is 42.1 Å². The second-order valence-electron chi connectivity index (χ2n) is 10.1. The molecule has 178 valence electrons. The third-order valence-electron chi connectivity index (χ3n) is 8.07. The minimum absolute atomic E-state index is 0.109. The molecule has 6 nitrogen and oxygen atoms in total. The number of benzene rings is 3. The van der Waals surface area contributed by atoms with Crippen molar-refractivity contribution < 1.29 is 19.1 Å². The van der Waals surface area contributed by atoms with Crippen LogP contribution >= 0.6 is 0 Å². The Labute approximate surface area is 208 Å². The van der Waals surface area contributed by atoms with Gasteiger partial charge < -0.3 is 4.74 Å². The first kappa shape index (κ1) is 22.4. The predicted molar refractivity (Wildman–Crippen MR) is 134 cm³/mol. The van der Waals surface area contributed by atoms with Gasteiger partial charge in [0.1, 0.15) is 0 Å². The van der Waals surface area contributed by atoms with Gasteiger partial charge in [-0.15, -0.1) is 0 Å². The van der Waals surface area contributed by atoms with Crippen LogP contribution in [0.25, 0.3) is 10.8 Å². The number of fused-ring (bicyclic) bond motifs is 6. The summed E-state index contributed by atoms with van der Waals surface area (Å²) in [6, 6.07) is 21.9. The van der Waals surface area contributed by atoms with E-state index in [2.05, 4.69) is 6.07 Å². The highest BCUT2D eigenvalue weighted by Crippen LogP contribution is 2.62. The lowest BCUT2D eigenvalue weighted by molar-refractivity contribution is -0.130. The molecule has 0 aromatic heterocycles. The Kier molecular flexibility index (Phi) is 4.96. The molecule has 3 aliphatic rings. The summed E-state index contributed by atoms with van der Waals surface area (Å²) in [6.45, 7) is 1.92. The van der Waals surface area contributed by atoms with Gasteiger partial charge in [0.05, 0.1) is 40.4 Å². The van der Waals surface area contributed by atoms with E-state index < -0.39 is 23.0 Å². The average Bonchev–Trinajstić information content (AvgIpc) is 3.48. The number of anilines is 1. The molecule has 3 aromatic carbocycles. The van der Waals surface area contributed by atoms with E-state index in [0.29, 0.717) is 46.8 Å². The van der Waals surface area contributed by atoms with Crippen molar-refractivity contribution in [2.75, 3.05) is 4.90 Å². The Balaban J connectivity index is 1.35. The number of amides is 2. The molecule has 0 radical (unpaired) electrons. The summed E-state index contributed by atoms with van der Waals surface area (Å²) in [5.74, 6) is -1.83. The van der Waals surface area contributed by atoms with E-state index in [0.717, 1.165) is 0 Å². The minimum Gasteiger partial charge on any atom is -0.367 e. The molecule has 0 unspecified atom stereocenters. The predicted octanol–water partition coefficient (Wildman–Crippen LogP) is 4.97. The Hall–Kier alpha value is -4.08. The molecule has 0 aliphatic carbocycles. The van der Waals surface area contributed by atoms with E-state index in [4.69, 9.17) is 4.74 Å². The molecule has 0 saturated carbocycles. The van der Waals surface area contributed by atoms with E-state index in [1.54, 1.807) is 30.3 Å². The average molecular weight is 477 g/mol. The van der Waals surface area contributed by atoms with Crippen molar-refractivity contribution in [3.63, 3.8) is 0 Å². The van der Waals surface area contributed by atoms with Crippen LogP contribution in [0.15, 0.2) is 78.9 Å². The fraction of sp³-hybridized carbons (Fsp3) is 0.267. The summed E-state index contributed by atoms with van der Waals surface area (Å²) in [7, 11) is 0. The molecule has 3 heterocycles. The number of nitriles is 1. The van der Waals surface area contributed by atoms with Gasteiger partial charge in [-0.05, 0) is 44.4 Å². The number of carbonyl (C=O) groups is 3. The van der Waals surface area contributed by atoms with E-state index in [9.17, 15) is 19.6 Å². The summed E-state index contributed by atoms with van der Waals surface area (Å²) in [5, 5.41) is 10.9. The van der Waals surface area contributed by atoms with Crippen LogP contribution in [0.4, 0.5) is 5.69 Å². The summed E-state index contributed by atoms with van der Waals surface area (Å²) in [5.41, 5.74) is 0.0390. The highest BCUT2D eigenvalue weighted by atomic mass is 16.5. The first-order valence-corrected chi connectivity index (χ1v) is 12.1. The van der Waals surface area contributed by atoms with Crippen molar-refractivity contribution >= 4 is 34.1 Å². The number of rotatable bonds is 5. The molecule has 3 aromatic rings. The molecule has 0 spiro atoms. The van der Waals surface area contributed by atoms with Gasteiger partial charge >= 0.3 is 0 Å². The molecular weight excluding hydrogens is 452 g/mol. The summed E-state index contributed by atoms with van der Waals surface area (Å²) in [4.78, 5) is 41.6. The number of carbonyl (C=O) groups excluding carboxylic acids is 3. The minimum atomic E-state index is -0.823. The van der Waals surface area contributed by atoms with Crippen LogP contribution < -0.4 is 4.90 Å². The van der Waals surface area contributed by atoms with Gasteiger partial charge in [-0.25, -0.2) is 4.90 Å². The van der Waals surface area contributed by atoms with Gasteiger partial charge in [0.2, 0.25) is 11.8 Å². The van der Waals surface area contributed by atoms with Gasteiger partial charge in [0.25, 0.3) is 0 Å². The molecule has 6 rings (SSSR count). The van der Waals surface area contributed by atoms with Crippen LogP contribution in [-0.2, 0) is 14.3 Å². The number of hydrogen-bond donors (Lipinski definition) is 0. The molecule has 2 amide bonds. The highest BCUT2D eigenvalue weighted by molar-refractivity contribution is 6.26. The summed E-state index contributed by atoms with van der Waals surface area (Å²) in [6.07, 6.45) is 5.01. The van der Waals surface area contributed by atoms with Crippen LogP contribution in [0, 0.1) is 23.2 Å². The van der Waals surface area contributed by atoms with Crippen molar-refractivity contribution in [2.45, 2.75) is 37.4 Å². The first-order valence-electron chi connectivity index (χ1n) is 12.1. The molecule has 36 heavy (non-hydrogen) atoms. The number of ether oxygens (including phenoxy) is 1. The third kappa shape index (κ3) is 3.09. The summed E-state index contributed by atoms with van der Waals surface area (Å²) < 4.78 is 6.48. The molecule has 2 bridgehead atoms. The zero-order valence-electron chi connectivity index (χ0n) is 19.8. The number of hydrogen-bond acceptors (Lipinski definition) is 5. The van der Waals surface area contributed by atoms with E-state index in [1.165, 1.54) is 11.0 Å². The van der Waals surface area contributed by atoms with Crippen molar-refractivity contribution in [1.82, 2.24) is 0 Å². The van der Waals surface area contributed by atoms with Gasteiger partial charge in [-0.3, -0.25) is 14.4 Å². The standard InChI is InChI=1S/C30H24N2O4/c1-29-16-17-30(36-29,15-7-12-24(33)19-8-3-2-4-9-19)26-25(29)27(34)32(28(26)35)23-14-13-20(18-31)21-10-5-6-11-22(21)23/h2-14,25-26H,15-17H2,1H3/b12-7+/t25-,26+,29-,30+/m0/s1. The molecule has 6 heteroatoms. The molecule has 3 fully saturated rings. The maximum atomic E-state index is 13.9. The fourth-order valence-corrected chi connectivity index (χ4v) is 6.43. The first-order chi connectivity index (χ1) is 17.4. The molecule has 3 aliphatic heterocycles. The monoisotopic (exact) mass is 476 g/mol. The topological polar surface area (TPSA) is 87.5 Å². The Morgan fingerprint density at radius 1 is 1.00 bits per heavy atom. The van der Waals surface area contributed by atoms with Crippen LogP contribution in [0.5, 0.6) is 0 Å². The van der Waals surface area contributed by atoms with Crippen molar-refractivity contribution in [2.24, 2.45) is 11.8 Å². The Morgan fingerprint density at radius 3 is 2.44 bits per heavy atom. The van der Waals surface area contributed by atoms with E-state index in [1.807, 2.05) is 49.4 Å². The summed E-state index contributed by atoms with van der Waals surface area (Å²) >= 11 is 0. The fourth-order valence-electron chi connectivity index (χ4n) is 6.43. The Bertz CT molecular complexity index is 1500. The number of ketones is 1. The molecule has 0 N–H and O–H groups in total. The molecule has 3 saturated heterocycles. The van der Waals surface area contributed by atoms with Crippen molar-refractivity contribution in [1.29, 1.82) is 5.26 Å². The highest BCUT2D eigenvalue weighted by Gasteiger charge is 2.73. The lowest BCUT2D eigenvalue weighted by Gasteiger charge is -2.30. The Morgan fingerprint density at radius 2 is 1.69 bits per heavy atom. The van der Waals surface area contributed by atoms with Crippen molar-refractivity contribution in [3.05, 3.63) is 90.0 Å². The smallest absolute Gasteiger partial charge is 0.240 e. The largest absolute Gasteiger partial charge is 0.367 e. The second-order valence-corrected chi connectivity index (χ2v) is 10.1. The maximum Gasteiger partial charge on any atom is 0.240 e. The lowest BCUT2D eigenvalue weighted by Crippen LogP contribution is -2.41. The maximum absolute atomic E-state index is 13.9. The van der Waals surface area contributed by atoms with Gasteiger partial charge in [0, 0.05) is 16.3 Å². The van der Waals surface area contributed by atoms with Crippen LogP contribution in [0.3, 0.4) is 0 Å². The van der Waals surface area contributed by atoms with E-state index >= 15 is 0 Å². The lowest BCUT2D eigenvalue weighted by atomic mass is 9.67. The van der Waals surface area contributed by atoms with Crippen molar-refractivity contribution in [3.8, 4) is 6.07 Å². The molecular formula is C30H24N2O4. The normalized spacial score (nSPS) is 28.7. The SMILES string of the molecule is C[C@@]12CC[C@@](C/C=C/C(=O)c3ccccc3)(O1)[C@H]1C(=O)N(c3ccc(C#N)c4ccccc34)C(=O)[C@H]12. The zero-order chi connectivity index (χ0) is 25.1. The van der Waals surface area contributed by atoms with Crippen LogP contribution in [-0.4, -0.2) is 28.8 Å². The second kappa shape index (κ2) is 7.97. The third-order valence-corrected chi connectivity index (χ3v) is 8.07. The van der Waals surface area contributed by atoms with Gasteiger partial charge in [0.15, 0.2) is 5.78 Å². The molecule has 4 atom stereocenters. The number of allylic oxidation sites excluding steroid dienone is 1. The zero-order valence-corrected chi connectivity index (χ0v) is 19.8. The number of imide groups is 1. The van der Waals surface area contributed by atoms with E-state index in [-0.39, 0.29) is 17.6 Å². The number of nitrogens with zero attached hydrogens (tertiary/aromatic N) is 2. The quantitative estimate of drug-likeness (QED) is 0.295. The van der Waals surface area contributed by atoms with Gasteiger partial charge in [-0.1, -0.05) is 60.7 Å². The van der Waals surface area contributed by atoms with Crippen LogP contribution in [0.2, 0.25) is 0 Å².